The third kappa shape index (κ3) is 4.73. The standard InChI is InChI=1S/C24H24N4O4S/c1-3-23(29)26-19-8-9-22(16(2)13-19)33(31,32)27-20-7-6-17-10-12-28(21(17)14-20)24(30)18-5-4-11-25-15-18/h4-9,11,13-15,27H,3,10,12H2,1-2H3,(H,26,29). The molecule has 8 nitrogen and oxygen atoms in total. The molecule has 2 N–H and O–H groups in total. The third-order valence-corrected chi connectivity index (χ3v) is 7.00. The smallest absolute Gasteiger partial charge is 0.262 e. The number of nitrogens with zero attached hydrogens (tertiary/aromatic N) is 2. The van der Waals surface area contributed by atoms with Gasteiger partial charge in [0.15, 0.2) is 0 Å². The third-order valence-electron chi connectivity index (χ3n) is 5.46. The highest BCUT2D eigenvalue weighted by Gasteiger charge is 2.27. The van der Waals surface area contributed by atoms with Gasteiger partial charge in [-0.15, -0.1) is 0 Å². The molecule has 2 amide bonds. The Kier molecular flexibility index (Phi) is 6.15. The molecule has 2 aromatic carbocycles. The van der Waals surface area contributed by atoms with Gasteiger partial charge in [0.05, 0.1) is 16.1 Å². The van der Waals surface area contributed by atoms with Crippen molar-refractivity contribution in [2.75, 3.05) is 21.5 Å². The Hall–Kier alpha value is -3.72. The number of fused-ring (bicyclic) bond motifs is 1. The zero-order valence-electron chi connectivity index (χ0n) is 18.3. The van der Waals surface area contributed by atoms with Crippen LogP contribution >= 0.6 is 0 Å². The highest BCUT2D eigenvalue weighted by Crippen LogP contribution is 2.33. The van der Waals surface area contributed by atoms with E-state index in [0.29, 0.717) is 47.6 Å². The van der Waals surface area contributed by atoms with E-state index in [4.69, 9.17) is 0 Å². The molecular formula is C24H24N4O4S. The molecule has 0 fully saturated rings. The minimum atomic E-state index is -3.88. The number of aromatic nitrogens is 1. The van der Waals surface area contributed by atoms with Crippen molar-refractivity contribution in [3.05, 3.63) is 77.6 Å². The van der Waals surface area contributed by atoms with E-state index < -0.39 is 10.0 Å². The number of aryl methyl sites for hydroxylation is 1. The number of rotatable bonds is 6. The fourth-order valence-electron chi connectivity index (χ4n) is 3.79. The van der Waals surface area contributed by atoms with E-state index in [1.165, 1.54) is 12.3 Å². The molecule has 1 aromatic heterocycles. The zero-order chi connectivity index (χ0) is 23.6. The highest BCUT2D eigenvalue weighted by atomic mass is 32.2. The summed E-state index contributed by atoms with van der Waals surface area (Å²) < 4.78 is 28.7. The van der Waals surface area contributed by atoms with Crippen molar-refractivity contribution in [2.45, 2.75) is 31.6 Å². The van der Waals surface area contributed by atoms with Crippen LogP contribution in [0.25, 0.3) is 0 Å². The Labute approximate surface area is 192 Å². The maximum Gasteiger partial charge on any atom is 0.262 e. The van der Waals surface area contributed by atoms with E-state index in [-0.39, 0.29) is 16.7 Å². The van der Waals surface area contributed by atoms with Crippen molar-refractivity contribution >= 4 is 38.9 Å². The van der Waals surface area contributed by atoms with Crippen molar-refractivity contribution in [2.24, 2.45) is 0 Å². The average molecular weight is 465 g/mol. The zero-order valence-corrected chi connectivity index (χ0v) is 19.1. The van der Waals surface area contributed by atoms with Crippen molar-refractivity contribution in [3.63, 3.8) is 0 Å². The second kappa shape index (κ2) is 9.03. The molecule has 2 heterocycles. The van der Waals surface area contributed by atoms with Gasteiger partial charge in [0.1, 0.15) is 0 Å². The monoisotopic (exact) mass is 464 g/mol. The largest absolute Gasteiger partial charge is 0.326 e. The predicted molar refractivity (Wildman–Crippen MR) is 127 cm³/mol. The molecule has 9 heteroatoms. The first-order valence-electron chi connectivity index (χ1n) is 10.6. The normalized spacial score (nSPS) is 12.8. The maximum atomic E-state index is 13.1. The van der Waals surface area contributed by atoms with Gasteiger partial charge < -0.3 is 10.2 Å². The van der Waals surface area contributed by atoms with Gasteiger partial charge in [-0.2, -0.15) is 0 Å². The Balaban J connectivity index is 1.58. The molecule has 0 spiro atoms. The van der Waals surface area contributed by atoms with Gasteiger partial charge in [0, 0.05) is 36.7 Å². The molecule has 0 saturated carbocycles. The lowest BCUT2D eigenvalue weighted by Crippen LogP contribution is -2.29. The minimum Gasteiger partial charge on any atom is -0.326 e. The summed E-state index contributed by atoms with van der Waals surface area (Å²) >= 11 is 0. The molecule has 0 unspecified atom stereocenters. The number of benzene rings is 2. The lowest BCUT2D eigenvalue weighted by atomic mass is 10.1. The fraction of sp³-hybridized carbons (Fsp3) is 0.208. The summed E-state index contributed by atoms with van der Waals surface area (Å²) in [5.74, 6) is -0.325. The molecule has 4 rings (SSSR count). The van der Waals surface area contributed by atoms with Crippen LogP contribution in [0.5, 0.6) is 0 Å². The molecule has 0 saturated heterocycles. The molecule has 0 aliphatic carbocycles. The summed E-state index contributed by atoms with van der Waals surface area (Å²) in [7, 11) is -3.88. The van der Waals surface area contributed by atoms with Gasteiger partial charge in [-0.05, 0) is 66.9 Å². The number of amides is 2. The molecule has 0 radical (unpaired) electrons. The maximum absolute atomic E-state index is 13.1. The van der Waals surface area contributed by atoms with Gasteiger partial charge in [-0.3, -0.25) is 19.3 Å². The van der Waals surface area contributed by atoms with Crippen molar-refractivity contribution in [1.82, 2.24) is 4.98 Å². The van der Waals surface area contributed by atoms with E-state index >= 15 is 0 Å². The van der Waals surface area contributed by atoms with Gasteiger partial charge in [-0.25, -0.2) is 8.42 Å². The van der Waals surface area contributed by atoms with Crippen LogP contribution < -0.4 is 14.9 Å². The Morgan fingerprint density at radius 3 is 2.58 bits per heavy atom. The van der Waals surface area contributed by atoms with Crippen LogP contribution in [-0.4, -0.2) is 31.8 Å². The van der Waals surface area contributed by atoms with E-state index in [2.05, 4.69) is 15.0 Å². The highest BCUT2D eigenvalue weighted by molar-refractivity contribution is 7.92. The van der Waals surface area contributed by atoms with Crippen LogP contribution in [0.1, 0.15) is 34.8 Å². The number of hydrogen-bond acceptors (Lipinski definition) is 5. The summed E-state index contributed by atoms with van der Waals surface area (Å²) in [6.45, 7) is 3.93. The summed E-state index contributed by atoms with van der Waals surface area (Å²) in [6, 6.07) is 13.3. The molecule has 33 heavy (non-hydrogen) atoms. The van der Waals surface area contributed by atoms with Crippen molar-refractivity contribution in [1.29, 1.82) is 0 Å². The molecule has 1 aliphatic rings. The average Bonchev–Trinajstić information content (AvgIpc) is 3.22. The Bertz CT molecular complexity index is 1320. The van der Waals surface area contributed by atoms with Crippen molar-refractivity contribution < 1.29 is 18.0 Å². The first kappa shape index (κ1) is 22.5. The summed E-state index contributed by atoms with van der Waals surface area (Å²) in [6.07, 6.45) is 4.15. The molecule has 170 valence electrons. The van der Waals surface area contributed by atoms with E-state index in [9.17, 15) is 18.0 Å². The molecular weight excluding hydrogens is 440 g/mol. The quantitative estimate of drug-likeness (QED) is 0.578. The van der Waals surface area contributed by atoms with Gasteiger partial charge in [0.25, 0.3) is 15.9 Å². The van der Waals surface area contributed by atoms with Crippen LogP contribution in [-0.2, 0) is 21.2 Å². The van der Waals surface area contributed by atoms with E-state index in [1.54, 1.807) is 61.3 Å². The summed E-state index contributed by atoms with van der Waals surface area (Å²) in [4.78, 5) is 30.3. The second-order valence-corrected chi connectivity index (χ2v) is 9.43. The molecule has 3 aromatic rings. The number of anilines is 3. The SMILES string of the molecule is CCC(=O)Nc1ccc(S(=O)(=O)Nc2ccc3c(c2)N(C(=O)c2cccnc2)CC3)c(C)c1. The molecule has 1 aliphatic heterocycles. The Morgan fingerprint density at radius 1 is 1.09 bits per heavy atom. The van der Waals surface area contributed by atoms with E-state index in [0.717, 1.165) is 5.56 Å². The number of nitrogens with one attached hydrogen (secondary N) is 2. The van der Waals surface area contributed by atoms with Gasteiger partial charge >= 0.3 is 0 Å². The second-order valence-electron chi connectivity index (χ2n) is 7.78. The van der Waals surface area contributed by atoms with Crippen LogP contribution in [0.3, 0.4) is 0 Å². The number of pyridine rings is 1. The number of sulfonamides is 1. The Morgan fingerprint density at radius 2 is 1.88 bits per heavy atom. The van der Waals surface area contributed by atoms with Crippen LogP contribution in [0.2, 0.25) is 0 Å². The van der Waals surface area contributed by atoms with Crippen molar-refractivity contribution in [3.8, 4) is 0 Å². The lowest BCUT2D eigenvalue weighted by molar-refractivity contribution is -0.115. The topological polar surface area (TPSA) is 108 Å². The first-order valence-corrected chi connectivity index (χ1v) is 12.0. The summed E-state index contributed by atoms with van der Waals surface area (Å²) in [5, 5.41) is 2.72. The van der Waals surface area contributed by atoms with Gasteiger partial charge in [0.2, 0.25) is 5.91 Å². The van der Waals surface area contributed by atoms with E-state index in [1.807, 2.05) is 6.07 Å². The number of carbonyl (C=O) groups excluding carboxylic acids is 2. The van der Waals surface area contributed by atoms with Gasteiger partial charge in [-0.1, -0.05) is 13.0 Å². The first-order chi connectivity index (χ1) is 15.8. The molecule has 0 bridgehead atoms. The fourth-order valence-corrected chi connectivity index (χ4v) is 5.06. The summed E-state index contributed by atoms with van der Waals surface area (Å²) in [5.41, 5.74) is 3.54. The number of hydrogen-bond donors (Lipinski definition) is 2. The minimum absolute atomic E-state index is 0.112. The van der Waals surface area contributed by atoms with Crippen LogP contribution in [0.15, 0.2) is 65.8 Å². The number of carbonyl (C=O) groups is 2. The lowest BCUT2D eigenvalue weighted by Gasteiger charge is -2.18. The van der Waals surface area contributed by atoms with Crippen LogP contribution in [0.4, 0.5) is 17.1 Å². The predicted octanol–water partition coefficient (Wildman–Crippen LogP) is 3.74. The molecule has 0 atom stereocenters. The van der Waals surface area contributed by atoms with Crippen LogP contribution in [0, 0.1) is 6.92 Å².